The van der Waals surface area contributed by atoms with E-state index in [2.05, 4.69) is 25.9 Å². The lowest BCUT2D eigenvalue weighted by atomic mass is 10.1. The molecule has 3 heterocycles. The van der Waals surface area contributed by atoms with Crippen molar-refractivity contribution in [2.75, 3.05) is 23.7 Å². The van der Waals surface area contributed by atoms with Crippen LogP contribution in [0, 0.1) is 0 Å². The highest BCUT2D eigenvalue weighted by Gasteiger charge is 2.26. The summed E-state index contributed by atoms with van der Waals surface area (Å²) in [5.41, 5.74) is 15.2. The number of benzene rings is 1. The minimum absolute atomic E-state index is 0.172. The zero-order valence-corrected chi connectivity index (χ0v) is 14.1. The Morgan fingerprint density at radius 2 is 2.00 bits per heavy atom. The summed E-state index contributed by atoms with van der Waals surface area (Å²) in [7, 11) is 0. The average Bonchev–Trinajstić information content (AvgIpc) is 3.15. The maximum absolute atomic E-state index is 6.45. The number of hydrogen-bond donors (Lipinski definition) is 2. The van der Waals surface area contributed by atoms with Crippen molar-refractivity contribution in [2.45, 2.75) is 12.5 Å². The third kappa shape index (κ3) is 2.36. The van der Waals surface area contributed by atoms with Crippen LogP contribution in [0.3, 0.4) is 0 Å². The number of rotatable bonds is 2. The molecule has 0 radical (unpaired) electrons. The molecule has 4 rings (SSSR count). The van der Waals surface area contributed by atoms with Crippen molar-refractivity contribution < 1.29 is 0 Å². The summed E-state index contributed by atoms with van der Waals surface area (Å²) in [5, 5.41) is 4.33. The largest absolute Gasteiger partial charge is 0.383 e. The van der Waals surface area contributed by atoms with E-state index in [0.29, 0.717) is 5.82 Å². The fraction of sp³-hybridized carbons (Fsp3) is 0.250. The van der Waals surface area contributed by atoms with Crippen LogP contribution in [0.2, 0.25) is 0 Å². The molecular weight excluding hydrogens is 356 g/mol. The maximum Gasteiger partial charge on any atom is 0.173 e. The Balaban J connectivity index is 1.99. The molecule has 0 saturated carbocycles. The highest BCUT2D eigenvalue weighted by Crippen LogP contribution is 2.37. The first kappa shape index (κ1) is 14.5. The summed E-state index contributed by atoms with van der Waals surface area (Å²) >= 11 is 3.49. The molecule has 4 N–H and O–H groups in total. The third-order valence-electron chi connectivity index (χ3n) is 4.21. The highest BCUT2D eigenvalue weighted by molar-refractivity contribution is 9.10. The lowest BCUT2D eigenvalue weighted by molar-refractivity contribution is 0.751. The van der Waals surface area contributed by atoms with E-state index in [-0.39, 0.29) is 6.04 Å². The number of halogens is 1. The van der Waals surface area contributed by atoms with Crippen molar-refractivity contribution in [3.05, 3.63) is 41.0 Å². The quantitative estimate of drug-likeness (QED) is 0.720. The van der Waals surface area contributed by atoms with Gasteiger partial charge in [-0.2, -0.15) is 9.61 Å². The molecule has 0 aliphatic carbocycles. The van der Waals surface area contributed by atoms with Crippen LogP contribution in [0.15, 0.2) is 41.0 Å². The van der Waals surface area contributed by atoms with Crippen molar-refractivity contribution in [1.29, 1.82) is 0 Å². The van der Waals surface area contributed by atoms with Gasteiger partial charge in [0, 0.05) is 19.1 Å². The molecule has 1 atom stereocenters. The monoisotopic (exact) mass is 372 g/mol. The van der Waals surface area contributed by atoms with Gasteiger partial charge in [0.25, 0.3) is 0 Å². The van der Waals surface area contributed by atoms with Crippen molar-refractivity contribution >= 4 is 33.2 Å². The zero-order valence-electron chi connectivity index (χ0n) is 12.5. The molecule has 1 aliphatic heterocycles. The second kappa shape index (κ2) is 5.50. The van der Waals surface area contributed by atoms with Crippen molar-refractivity contribution in [3.63, 3.8) is 0 Å². The smallest absolute Gasteiger partial charge is 0.173 e. The standard InChI is InChI=1S/C16H17BrN6/c17-12-8-20-23-14(19)13(10-4-2-1-3-5-10)16(21-15(12)23)22-7-6-11(18)9-22/h1-5,8,11H,6-7,9,18-19H2/t11-/m0/s1. The fourth-order valence-electron chi connectivity index (χ4n) is 3.07. The number of nitrogen functional groups attached to an aromatic ring is 1. The molecule has 3 aromatic rings. The number of nitrogens with two attached hydrogens (primary N) is 2. The molecule has 0 amide bonds. The van der Waals surface area contributed by atoms with Gasteiger partial charge in [0.15, 0.2) is 5.65 Å². The van der Waals surface area contributed by atoms with Crippen LogP contribution in [0.5, 0.6) is 0 Å². The van der Waals surface area contributed by atoms with Crippen LogP contribution in [-0.2, 0) is 0 Å². The predicted molar refractivity (Wildman–Crippen MR) is 95.3 cm³/mol. The summed E-state index contributed by atoms with van der Waals surface area (Å²) in [6.45, 7) is 1.67. The number of aromatic nitrogens is 3. The Morgan fingerprint density at radius 1 is 1.22 bits per heavy atom. The van der Waals surface area contributed by atoms with Crippen LogP contribution in [0.25, 0.3) is 16.8 Å². The van der Waals surface area contributed by atoms with Gasteiger partial charge in [0.1, 0.15) is 11.6 Å². The number of anilines is 2. The van der Waals surface area contributed by atoms with Gasteiger partial charge < -0.3 is 16.4 Å². The molecule has 0 bridgehead atoms. The van der Waals surface area contributed by atoms with E-state index in [1.165, 1.54) is 0 Å². The molecule has 23 heavy (non-hydrogen) atoms. The summed E-state index contributed by atoms with van der Waals surface area (Å²) in [6, 6.07) is 10.2. The van der Waals surface area contributed by atoms with Gasteiger partial charge in [-0.1, -0.05) is 30.3 Å². The minimum atomic E-state index is 0.172. The fourth-order valence-corrected chi connectivity index (χ4v) is 3.41. The number of hydrogen-bond acceptors (Lipinski definition) is 5. The van der Waals surface area contributed by atoms with E-state index in [0.717, 1.165) is 46.6 Å². The van der Waals surface area contributed by atoms with E-state index < -0.39 is 0 Å². The predicted octanol–water partition coefficient (Wildman–Crippen LogP) is 2.28. The maximum atomic E-state index is 6.45. The first-order chi connectivity index (χ1) is 11.1. The van der Waals surface area contributed by atoms with Gasteiger partial charge in [-0.15, -0.1) is 0 Å². The normalized spacial score (nSPS) is 18.0. The van der Waals surface area contributed by atoms with Crippen molar-refractivity contribution in [1.82, 2.24) is 14.6 Å². The molecule has 1 aromatic carbocycles. The van der Waals surface area contributed by atoms with E-state index >= 15 is 0 Å². The van der Waals surface area contributed by atoms with E-state index in [1.807, 2.05) is 30.3 Å². The molecule has 1 fully saturated rings. The summed E-state index contributed by atoms with van der Waals surface area (Å²) in [5.74, 6) is 1.46. The Kier molecular flexibility index (Phi) is 3.46. The van der Waals surface area contributed by atoms with Crippen LogP contribution < -0.4 is 16.4 Å². The SMILES string of the molecule is Nc1c(-c2ccccc2)c(N2CC[C@H](N)C2)nc2c(Br)cnn12. The van der Waals surface area contributed by atoms with Crippen LogP contribution >= 0.6 is 15.9 Å². The molecule has 6 nitrogen and oxygen atoms in total. The van der Waals surface area contributed by atoms with Gasteiger partial charge in [-0.25, -0.2) is 4.98 Å². The average molecular weight is 373 g/mol. The molecule has 1 saturated heterocycles. The molecule has 7 heteroatoms. The Morgan fingerprint density at radius 3 is 2.70 bits per heavy atom. The van der Waals surface area contributed by atoms with Gasteiger partial charge in [0.2, 0.25) is 0 Å². The zero-order chi connectivity index (χ0) is 16.0. The summed E-state index contributed by atoms with van der Waals surface area (Å²) in [6.07, 6.45) is 2.67. The first-order valence-electron chi connectivity index (χ1n) is 7.54. The lowest BCUT2D eigenvalue weighted by Crippen LogP contribution is -2.28. The van der Waals surface area contributed by atoms with Crippen LogP contribution in [0.1, 0.15) is 6.42 Å². The number of fused-ring (bicyclic) bond motifs is 1. The van der Waals surface area contributed by atoms with E-state index in [4.69, 9.17) is 16.5 Å². The van der Waals surface area contributed by atoms with Crippen molar-refractivity contribution in [2.24, 2.45) is 5.73 Å². The highest BCUT2D eigenvalue weighted by atomic mass is 79.9. The Hall–Kier alpha value is -2.12. The number of nitrogens with zero attached hydrogens (tertiary/aromatic N) is 4. The molecule has 2 aromatic heterocycles. The third-order valence-corrected chi connectivity index (χ3v) is 4.77. The lowest BCUT2D eigenvalue weighted by Gasteiger charge is -2.22. The van der Waals surface area contributed by atoms with Gasteiger partial charge in [0.05, 0.1) is 16.2 Å². The minimum Gasteiger partial charge on any atom is -0.383 e. The van der Waals surface area contributed by atoms with Crippen LogP contribution in [0.4, 0.5) is 11.6 Å². The second-order valence-corrected chi connectivity index (χ2v) is 6.64. The van der Waals surface area contributed by atoms with E-state index in [1.54, 1.807) is 10.7 Å². The van der Waals surface area contributed by atoms with Gasteiger partial charge >= 0.3 is 0 Å². The molecule has 0 unspecified atom stereocenters. The second-order valence-electron chi connectivity index (χ2n) is 5.78. The summed E-state index contributed by atoms with van der Waals surface area (Å²) in [4.78, 5) is 7.04. The summed E-state index contributed by atoms with van der Waals surface area (Å²) < 4.78 is 2.50. The molecule has 118 valence electrons. The molecule has 0 spiro atoms. The van der Waals surface area contributed by atoms with Gasteiger partial charge in [-0.3, -0.25) is 0 Å². The van der Waals surface area contributed by atoms with Crippen molar-refractivity contribution in [3.8, 4) is 11.1 Å². The topological polar surface area (TPSA) is 85.5 Å². The van der Waals surface area contributed by atoms with Gasteiger partial charge in [-0.05, 0) is 27.9 Å². The molecule has 1 aliphatic rings. The first-order valence-corrected chi connectivity index (χ1v) is 8.33. The van der Waals surface area contributed by atoms with E-state index in [9.17, 15) is 0 Å². The van der Waals surface area contributed by atoms with Crippen LogP contribution in [-0.4, -0.2) is 33.7 Å². The Bertz CT molecular complexity index is 860. The molecular formula is C16H17BrN6. The Labute approximate surface area is 142 Å².